The van der Waals surface area contributed by atoms with E-state index in [1.54, 1.807) is 72.8 Å². The van der Waals surface area contributed by atoms with Crippen LogP contribution in [0.3, 0.4) is 0 Å². The third-order valence-corrected chi connectivity index (χ3v) is 8.91. The molecule has 0 heterocycles. The summed E-state index contributed by atoms with van der Waals surface area (Å²) >= 11 is 0. The molecule has 0 aromatic heterocycles. The standard InChI is InChI=1S/C43H26F6/c44-34-9-4-10-35(45)40(34)27-15-21-31(22-16-27)43(30-7-2-1-3-8-30,32-23-17-28(18-24-32)41-36(46)11-5-12-37(41)47)33-25-19-29(20-26-33)42-38(48)13-6-14-39(42)49/h1-26H. The van der Waals surface area contributed by atoms with Crippen molar-refractivity contribution >= 4 is 0 Å². The molecule has 49 heavy (non-hydrogen) atoms. The molecule has 6 heteroatoms. The minimum absolute atomic E-state index is 0.160. The van der Waals surface area contributed by atoms with E-state index < -0.39 is 40.3 Å². The molecule has 0 saturated carbocycles. The Hall–Kier alpha value is -5.88. The van der Waals surface area contributed by atoms with Crippen molar-refractivity contribution in [2.45, 2.75) is 5.41 Å². The summed E-state index contributed by atoms with van der Waals surface area (Å²) in [5.74, 6) is -4.20. The molecule has 7 aromatic carbocycles. The predicted molar refractivity (Wildman–Crippen MR) is 181 cm³/mol. The van der Waals surface area contributed by atoms with Crippen molar-refractivity contribution in [1.29, 1.82) is 0 Å². The molecule has 7 rings (SSSR count). The fourth-order valence-electron chi connectivity index (χ4n) is 6.67. The molecule has 240 valence electrons. The first kappa shape index (κ1) is 31.7. The van der Waals surface area contributed by atoms with Crippen LogP contribution in [-0.2, 0) is 5.41 Å². The van der Waals surface area contributed by atoms with Gasteiger partial charge in [0.1, 0.15) is 34.9 Å². The minimum atomic E-state index is -1.10. The lowest BCUT2D eigenvalue weighted by Gasteiger charge is -2.37. The number of halogens is 6. The van der Waals surface area contributed by atoms with Gasteiger partial charge in [0.05, 0.1) is 22.1 Å². The van der Waals surface area contributed by atoms with E-state index in [4.69, 9.17) is 0 Å². The van der Waals surface area contributed by atoms with E-state index in [0.717, 1.165) is 5.56 Å². The third kappa shape index (κ3) is 5.59. The van der Waals surface area contributed by atoms with E-state index in [1.807, 2.05) is 30.3 Å². The Kier molecular flexibility index (Phi) is 8.39. The van der Waals surface area contributed by atoms with Crippen LogP contribution in [0.25, 0.3) is 33.4 Å². The van der Waals surface area contributed by atoms with Crippen LogP contribution >= 0.6 is 0 Å². The van der Waals surface area contributed by atoms with Gasteiger partial charge in [-0.25, -0.2) is 26.3 Å². The maximum absolute atomic E-state index is 14.8. The smallest absolute Gasteiger partial charge is 0.133 e. The quantitative estimate of drug-likeness (QED) is 0.118. The summed E-state index contributed by atoms with van der Waals surface area (Å²) in [5, 5.41) is 0. The molecule has 0 aliphatic carbocycles. The van der Waals surface area contributed by atoms with Crippen molar-refractivity contribution in [2.75, 3.05) is 0 Å². The molecule has 0 atom stereocenters. The van der Waals surface area contributed by atoms with Crippen molar-refractivity contribution in [3.8, 4) is 33.4 Å². The van der Waals surface area contributed by atoms with Gasteiger partial charge < -0.3 is 0 Å². The molecule has 0 saturated heterocycles. The molecule has 0 amide bonds. The highest BCUT2D eigenvalue weighted by Gasteiger charge is 2.38. The summed E-state index contributed by atoms with van der Waals surface area (Å²) in [6, 6.07) is 41.1. The van der Waals surface area contributed by atoms with Crippen molar-refractivity contribution < 1.29 is 26.3 Å². The highest BCUT2D eigenvalue weighted by Crippen LogP contribution is 2.47. The normalized spacial score (nSPS) is 11.5. The van der Waals surface area contributed by atoms with Crippen molar-refractivity contribution in [1.82, 2.24) is 0 Å². The van der Waals surface area contributed by atoms with Gasteiger partial charge in [-0.3, -0.25) is 0 Å². The highest BCUT2D eigenvalue weighted by atomic mass is 19.2. The zero-order chi connectivity index (χ0) is 34.1. The molecule has 0 nitrogen and oxygen atoms in total. The van der Waals surface area contributed by atoms with Crippen LogP contribution < -0.4 is 0 Å². The molecule has 0 N–H and O–H groups in total. The Morgan fingerprint density at radius 1 is 0.245 bits per heavy atom. The molecular formula is C43H26F6. The molecule has 0 spiro atoms. The van der Waals surface area contributed by atoms with E-state index in [-0.39, 0.29) is 16.7 Å². The second-order valence-electron chi connectivity index (χ2n) is 11.6. The zero-order valence-electron chi connectivity index (χ0n) is 25.8. The number of benzene rings is 7. The molecule has 0 aliphatic rings. The van der Waals surface area contributed by atoms with E-state index in [2.05, 4.69) is 0 Å². The van der Waals surface area contributed by atoms with E-state index in [9.17, 15) is 26.3 Å². The SMILES string of the molecule is Fc1cccc(F)c1-c1ccc(C(c2ccccc2)(c2ccc(-c3c(F)cccc3F)cc2)c2ccc(-c3c(F)cccc3F)cc2)cc1. The van der Waals surface area contributed by atoms with Gasteiger partial charge in [-0.05, 0) is 75.3 Å². The van der Waals surface area contributed by atoms with Crippen LogP contribution in [0, 0.1) is 34.9 Å². The topological polar surface area (TPSA) is 0 Å². The van der Waals surface area contributed by atoms with Gasteiger partial charge in [0.25, 0.3) is 0 Å². The maximum atomic E-state index is 14.8. The van der Waals surface area contributed by atoms with Crippen LogP contribution in [0.4, 0.5) is 26.3 Å². The van der Waals surface area contributed by atoms with Gasteiger partial charge in [-0.1, -0.05) is 121 Å². The molecular weight excluding hydrogens is 630 g/mol. The van der Waals surface area contributed by atoms with Crippen LogP contribution in [-0.4, -0.2) is 0 Å². The lowest BCUT2D eigenvalue weighted by Crippen LogP contribution is -2.31. The summed E-state index contributed by atoms with van der Waals surface area (Å²) in [4.78, 5) is 0. The lowest BCUT2D eigenvalue weighted by atomic mass is 9.64. The maximum Gasteiger partial charge on any atom is 0.133 e. The first-order chi connectivity index (χ1) is 23.8. The summed E-state index contributed by atoms with van der Waals surface area (Å²) in [6.45, 7) is 0. The van der Waals surface area contributed by atoms with Gasteiger partial charge in [-0.2, -0.15) is 0 Å². The van der Waals surface area contributed by atoms with E-state index in [1.165, 1.54) is 54.6 Å². The first-order valence-corrected chi connectivity index (χ1v) is 15.5. The van der Waals surface area contributed by atoms with Crippen LogP contribution in [0.5, 0.6) is 0 Å². The van der Waals surface area contributed by atoms with Crippen molar-refractivity contribution in [3.63, 3.8) is 0 Å². The number of rotatable bonds is 7. The molecule has 0 fully saturated rings. The van der Waals surface area contributed by atoms with Crippen LogP contribution in [0.1, 0.15) is 22.3 Å². The van der Waals surface area contributed by atoms with Gasteiger partial charge in [-0.15, -0.1) is 0 Å². The molecule has 0 unspecified atom stereocenters. The van der Waals surface area contributed by atoms with E-state index >= 15 is 0 Å². The molecule has 0 bridgehead atoms. The average molecular weight is 657 g/mol. The van der Waals surface area contributed by atoms with Crippen LogP contribution in [0.2, 0.25) is 0 Å². The minimum Gasteiger partial charge on any atom is -0.206 e. The summed E-state index contributed by atoms with van der Waals surface area (Å²) in [6.07, 6.45) is 0. The average Bonchev–Trinajstić information content (AvgIpc) is 3.11. The Morgan fingerprint density at radius 3 is 0.755 bits per heavy atom. The fraction of sp³-hybridized carbons (Fsp3) is 0.0233. The van der Waals surface area contributed by atoms with Gasteiger partial charge in [0, 0.05) is 0 Å². The highest BCUT2D eigenvalue weighted by molar-refractivity contribution is 5.71. The second kappa shape index (κ2) is 13.0. The third-order valence-electron chi connectivity index (χ3n) is 8.91. The number of hydrogen-bond acceptors (Lipinski definition) is 0. The largest absolute Gasteiger partial charge is 0.206 e. The zero-order valence-corrected chi connectivity index (χ0v) is 25.8. The Bertz CT molecular complexity index is 1970. The molecule has 7 aromatic rings. The Morgan fingerprint density at radius 2 is 0.490 bits per heavy atom. The molecule has 0 radical (unpaired) electrons. The van der Waals surface area contributed by atoms with Crippen molar-refractivity contribution in [2.24, 2.45) is 0 Å². The summed E-state index contributed by atoms with van der Waals surface area (Å²) < 4.78 is 88.7. The van der Waals surface area contributed by atoms with Crippen molar-refractivity contribution in [3.05, 3.63) is 215 Å². The molecule has 0 aliphatic heterocycles. The van der Waals surface area contributed by atoms with Crippen LogP contribution in [0.15, 0.2) is 158 Å². The lowest BCUT2D eigenvalue weighted by molar-refractivity contribution is 0.589. The Balaban J connectivity index is 1.47. The fourth-order valence-corrected chi connectivity index (χ4v) is 6.67. The summed E-state index contributed by atoms with van der Waals surface area (Å²) in [5.41, 5.74) is 2.31. The van der Waals surface area contributed by atoms with Gasteiger partial charge in [0.2, 0.25) is 0 Å². The van der Waals surface area contributed by atoms with Gasteiger partial charge in [0.15, 0.2) is 0 Å². The Labute approximate surface area is 279 Å². The van der Waals surface area contributed by atoms with Gasteiger partial charge >= 0.3 is 0 Å². The predicted octanol–water partition coefficient (Wildman–Crippen LogP) is 11.9. The van der Waals surface area contributed by atoms with E-state index in [0.29, 0.717) is 33.4 Å². The first-order valence-electron chi connectivity index (χ1n) is 15.5. The number of hydrogen-bond donors (Lipinski definition) is 0. The summed E-state index contributed by atoms with van der Waals surface area (Å²) in [7, 11) is 0. The monoisotopic (exact) mass is 656 g/mol. The second-order valence-corrected chi connectivity index (χ2v) is 11.6.